The highest BCUT2D eigenvalue weighted by molar-refractivity contribution is 7.99. The molecule has 0 aromatic carbocycles. The zero-order chi connectivity index (χ0) is 8.27. The quantitative estimate of drug-likeness (QED) is 0.628. The lowest BCUT2D eigenvalue weighted by molar-refractivity contribution is -0.130. The molecule has 64 valence electrons. The molecule has 11 heavy (non-hydrogen) atoms. The minimum Gasteiger partial charge on any atom is -0.339 e. The van der Waals surface area contributed by atoms with Crippen molar-refractivity contribution in [2.45, 2.75) is 26.3 Å². The van der Waals surface area contributed by atoms with E-state index in [0.717, 1.165) is 12.3 Å². The zero-order valence-electron chi connectivity index (χ0n) is 7.17. The van der Waals surface area contributed by atoms with Gasteiger partial charge in [-0.15, -0.1) is 0 Å². The summed E-state index contributed by atoms with van der Waals surface area (Å²) in [6.45, 7) is 4.57. The predicted octanol–water partition coefficient (Wildman–Crippen LogP) is 1.36. The van der Waals surface area contributed by atoms with Crippen molar-refractivity contribution < 1.29 is 4.79 Å². The minimum atomic E-state index is 0.222. The monoisotopic (exact) mass is 173 g/mol. The van der Waals surface area contributed by atoms with Crippen molar-refractivity contribution in [1.29, 1.82) is 0 Å². The zero-order valence-corrected chi connectivity index (χ0v) is 7.99. The summed E-state index contributed by atoms with van der Waals surface area (Å²) in [7, 11) is 0. The van der Waals surface area contributed by atoms with Crippen LogP contribution < -0.4 is 0 Å². The molecule has 1 heterocycles. The molecular formula is C8H15NOS. The second-order valence-electron chi connectivity index (χ2n) is 2.82. The molecule has 0 N–H and O–H groups in total. The molecule has 1 amide bonds. The molecule has 0 radical (unpaired) electrons. The molecule has 1 atom stereocenters. The third-order valence-corrected chi connectivity index (χ3v) is 3.24. The van der Waals surface area contributed by atoms with Gasteiger partial charge < -0.3 is 4.90 Å². The van der Waals surface area contributed by atoms with Gasteiger partial charge in [-0.2, -0.15) is 11.8 Å². The Morgan fingerprint density at radius 3 is 2.82 bits per heavy atom. The second-order valence-corrected chi connectivity index (χ2v) is 3.97. The maximum Gasteiger partial charge on any atom is 0.219 e. The number of hydrogen-bond donors (Lipinski definition) is 0. The van der Waals surface area contributed by atoms with Gasteiger partial charge in [-0.1, -0.05) is 0 Å². The molecule has 0 aliphatic carbocycles. The first-order chi connectivity index (χ1) is 5.25. The molecule has 0 spiro atoms. The van der Waals surface area contributed by atoms with E-state index in [1.54, 1.807) is 6.92 Å². The summed E-state index contributed by atoms with van der Waals surface area (Å²) in [5.74, 6) is 2.57. The van der Waals surface area contributed by atoms with Crippen LogP contribution in [0.2, 0.25) is 0 Å². The van der Waals surface area contributed by atoms with Crippen LogP contribution in [0, 0.1) is 0 Å². The van der Waals surface area contributed by atoms with Crippen molar-refractivity contribution in [3.63, 3.8) is 0 Å². The van der Waals surface area contributed by atoms with Gasteiger partial charge in [-0.25, -0.2) is 0 Å². The fourth-order valence-electron chi connectivity index (χ4n) is 1.51. The number of rotatable bonds is 2. The van der Waals surface area contributed by atoms with Crippen LogP contribution in [0.15, 0.2) is 0 Å². The standard InChI is InChI=1S/C8H15NOS/c1-3-9(7(2)10)8-4-5-11-6-8/h8H,3-6H2,1-2H3/t8-/m1/s1. The molecule has 2 nitrogen and oxygen atoms in total. The molecule has 1 saturated heterocycles. The number of hydrogen-bond acceptors (Lipinski definition) is 2. The Hall–Kier alpha value is -0.180. The largest absolute Gasteiger partial charge is 0.339 e. The SMILES string of the molecule is CCN(C(C)=O)[C@@H]1CCSC1. The van der Waals surface area contributed by atoms with Crippen LogP contribution >= 0.6 is 11.8 Å². The molecule has 0 aromatic rings. The van der Waals surface area contributed by atoms with Gasteiger partial charge in [0.25, 0.3) is 0 Å². The van der Waals surface area contributed by atoms with Crippen LogP contribution in [-0.4, -0.2) is 34.9 Å². The Labute approximate surface area is 72.3 Å². The third-order valence-electron chi connectivity index (χ3n) is 2.09. The van der Waals surface area contributed by atoms with Gasteiger partial charge in [0.05, 0.1) is 0 Å². The van der Waals surface area contributed by atoms with Crippen LogP contribution in [0.4, 0.5) is 0 Å². The average Bonchev–Trinajstić information content (AvgIpc) is 2.40. The maximum atomic E-state index is 11.1. The number of carbonyl (C=O) groups is 1. The summed E-state index contributed by atoms with van der Waals surface area (Å²) in [5.41, 5.74) is 0. The van der Waals surface area contributed by atoms with Gasteiger partial charge in [0.1, 0.15) is 0 Å². The van der Waals surface area contributed by atoms with Crippen LogP contribution in [0.5, 0.6) is 0 Å². The lowest BCUT2D eigenvalue weighted by atomic mass is 10.2. The van der Waals surface area contributed by atoms with E-state index in [-0.39, 0.29) is 5.91 Å². The van der Waals surface area contributed by atoms with E-state index in [2.05, 4.69) is 0 Å². The van der Waals surface area contributed by atoms with E-state index in [1.165, 1.54) is 12.2 Å². The minimum absolute atomic E-state index is 0.222. The van der Waals surface area contributed by atoms with Crippen LogP contribution in [-0.2, 0) is 4.79 Å². The maximum absolute atomic E-state index is 11.1. The molecule has 3 heteroatoms. The molecule has 0 saturated carbocycles. The summed E-state index contributed by atoms with van der Waals surface area (Å²) in [5, 5.41) is 0. The lowest BCUT2D eigenvalue weighted by Crippen LogP contribution is -2.38. The van der Waals surface area contributed by atoms with Crippen molar-refractivity contribution in [2.75, 3.05) is 18.1 Å². The Kier molecular flexibility index (Phi) is 3.24. The van der Waals surface area contributed by atoms with Gasteiger partial charge in [-0.05, 0) is 19.1 Å². The molecule has 1 aliphatic heterocycles. The summed E-state index contributed by atoms with van der Waals surface area (Å²) >= 11 is 1.95. The molecular weight excluding hydrogens is 158 g/mol. The summed E-state index contributed by atoms with van der Waals surface area (Å²) < 4.78 is 0. The first-order valence-corrected chi connectivity index (χ1v) is 5.26. The highest BCUT2D eigenvalue weighted by Crippen LogP contribution is 2.21. The third kappa shape index (κ3) is 2.12. The molecule has 0 unspecified atom stereocenters. The smallest absolute Gasteiger partial charge is 0.219 e. The van der Waals surface area contributed by atoms with E-state index < -0.39 is 0 Å². The van der Waals surface area contributed by atoms with Crippen molar-refractivity contribution in [2.24, 2.45) is 0 Å². The highest BCUT2D eigenvalue weighted by atomic mass is 32.2. The molecule has 1 fully saturated rings. The van der Waals surface area contributed by atoms with Gasteiger partial charge >= 0.3 is 0 Å². The summed E-state index contributed by atoms with van der Waals surface area (Å²) in [6.07, 6.45) is 1.18. The number of carbonyl (C=O) groups excluding carboxylic acids is 1. The Balaban J connectivity index is 2.46. The fourth-order valence-corrected chi connectivity index (χ4v) is 2.73. The molecule has 1 rings (SSSR count). The number of amides is 1. The Bertz CT molecular complexity index is 143. The van der Waals surface area contributed by atoms with E-state index in [0.29, 0.717) is 6.04 Å². The van der Waals surface area contributed by atoms with Crippen molar-refractivity contribution >= 4 is 17.7 Å². The van der Waals surface area contributed by atoms with E-state index in [4.69, 9.17) is 0 Å². The normalized spacial score (nSPS) is 23.6. The molecule has 0 bridgehead atoms. The van der Waals surface area contributed by atoms with E-state index >= 15 is 0 Å². The first-order valence-electron chi connectivity index (χ1n) is 4.10. The number of nitrogens with zero attached hydrogens (tertiary/aromatic N) is 1. The lowest BCUT2D eigenvalue weighted by Gasteiger charge is -2.25. The van der Waals surface area contributed by atoms with Gasteiger partial charge in [0.2, 0.25) is 5.91 Å². The predicted molar refractivity (Wildman–Crippen MR) is 48.8 cm³/mol. The summed E-state index contributed by atoms with van der Waals surface area (Å²) in [6, 6.07) is 0.516. The topological polar surface area (TPSA) is 20.3 Å². The first kappa shape index (κ1) is 8.91. The summed E-state index contributed by atoms with van der Waals surface area (Å²) in [4.78, 5) is 13.1. The van der Waals surface area contributed by atoms with Crippen LogP contribution in [0.3, 0.4) is 0 Å². The average molecular weight is 173 g/mol. The van der Waals surface area contributed by atoms with Crippen molar-refractivity contribution in [3.8, 4) is 0 Å². The fraction of sp³-hybridized carbons (Fsp3) is 0.875. The molecule has 1 aliphatic rings. The van der Waals surface area contributed by atoms with Gasteiger partial charge in [0, 0.05) is 25.3 Å². The van der Waals surface area contributed by atoms with Gasteiger partial charge in [0.15, 0.2) is 0 Å². The Morgan fingerprint density at radius 1 is 1.73 bits per heavy atom. The number of thioether (sulfide) groups is 1. The van der Waals surface area contributed by atoms with Crippen LogP contribution in [0.25, 0.3) is 0 Å². The molecule has 0 aromatic heterocycles. The van der Waals surface area contributed by atoms with Gasteiger partial charge in [-0.3, -0.25) is 4.79 Å². The van der Waals surface area contributed by atoms with E-state index in [1.807, 2.05) is 23.6 Å². The second kappa shape index (κ2) is 4.00. The Morgan fingerprint density at radius 2 is 2.45 bits per heavy atom. The van der Waals surface area contributed by atoms with Crippen molar-refractivity contribution in [1.82, 2.24) is 4.90 Å². The van der Waals surface area contributed by atoms with E-state index in [9.17, 15) is 4.79 Å². The van der Waals surface area contributed by atoms with Crippen LogP contribution in [0.1, 0.15) is 20.3 Å². The highest BCUT2D eigenvalue weighted by Gasteiger charge is 2.22. The van der Waals surface area contributed by atoms with Crippen molar-refractivity contribution in [3.05, 3.63) is 0 Å².